The Balaban J connectivity index is 0.000000144. The molecule has 0 unspecified atom stereocenters. The van der Waals surface area contributed by atoms with E-state index in [1.165, 1.54) is 38.9 Å². The van der Waals surface area contributed by atoms with Gasteiger partial charge >= 0.3 is 17.9 Å². The summed E-state index contributed by atoms with van der Waals surface area (Å²) in [7, 11) is 6.69. The number of nitrogens with one attached hydrogen (secondary N) is 2. The Morgan fingerprint density at radius 2 is 0.835 bits per heavy atom. The van der Waals surface area contributed by atoms with Gasteiger partial charge in [0.25, 0.3) is 0 Å². The minimum atomic E-state index is -1.36. The van der Waals surface area contributed by atoms with Crippen LogP contribution in [0.4, 0.5) is 30.2 Å². The summed E-state index contributed by atoms with van der Waals surface area (Å²) < 4.78 is 62.8. The van der Waals surface area contributed by atoms with Gasteiger partial charge in [-0.1, -0.05) is 146 Å². The van der Waals surface area contributed by atoms with Crippen LogP contribution in [0.3, 0.4) is 0 Å². The van der Waals surface area contributed by atoms with E-state index in [4.69, 9.17) is 15.2 Å². The second kappa shape index (κ2) is 33.0. The second-order valence-corrected chi connectivity index (χ2v) is 28.0. The highest BCUT2D eigenvalue weighted by molar-refractivity contribution is 5.99. The fourth-order valence-electron chi connectivity index (χ4n) is 15.5. The number of aromatic nitrogens is 3. The Bertz CT molecular complexity index is 5610. The lowest BCUT2D eigenvalue weighted by Crippen LogP contribution is -2.26. The first-order valence-electron chi connectivity index (χ1n) is 36.2. The van der Waals surface area contributed by atoms with Crippen LogP contribution in [-0.4, -0.2) is 134 Å². The smallest absolute Gasteiger partial charge is 0.341 e. The summed E-state index contributed by atoms with van der Waals surface area (Å²) in [5.74, 6) is -4.28. The average Bonchev–Trinajstić information content (AvgIpc) is 1.73. The number of benzene rings is 9. The Morgan fingerprint density at radius 3 is 1.28 bits per heavy atom. The molecule has 0 bridgehead atoms. The molecule has 3 saturated heterocycles. The number of nitrogens with zero attached hydrogens (tertiary/aromatic N) is 6. The van der Waals surface area contributed by atoms with Crippen molar-refractivity contribution in [3.63, 3.8) is 0 Å². The van der Waals surface area contributed by atoms with Crippen LogP contribution in [0.2, 0.25) is 0 Å². The van der Waals surface area contributed by atoms with Gasteiger partial charge in [-0.2, -0.15) is 0 Å². The number of carbonyl (C=O) groups is 3. The molecular formula is C86H84F3N9O11. The monoisotopic (exact) mass is 1480 g/mol. The Kier molecular flexibility index (Phi) is 22.8. The van der Waals surface area contributed by atoms with E-state index in [1.807, 2.05) is 180 Å². The number of anilines is 3. The maximum absolute atomic E-state index is 15.6. The molecule has 12 aromatic rings. The summed E-state index contributed by atoms with van der Waals surface area (Å²) in [5.41, 5.74) is 11.8. The number of halogens is 3. The van der Waals surface area contributed by atoms with E-state index in [1.54, 1.807) is 19.8 Å². The SMILES string of the molecule is CNC[C@@H]1CCN(c2c(F)cc3c(=O)c(C(=O)O)cn(Cc4ccc(-c5ccccc5)cc4)c3c2OC)C1.CNC[C@@H]1CCN(c2c(F)cc3c(=O)c(C(=O)O)cn(Cc4ccc5ccccc5c4)c3c2OC)C1.NC[C@@H]1CCN(c2cc3c(cc2F)c(=O)c(C(=O)O)cn3Cc2ccc(-c3ccccc3)cc2)C1. The summed E-state index contributed by atoms with van der Waals surface area (Å²) in [6.45, 7) is 7.03. The first-order chi connectivity index (χ1) is 52.8. The lowest BCUT2D eigenvalue weighted by molar-refractivity contribution is 0.0684. The van der Waals surface area contributed by atoms with Crippen LogP contribution in [0.5, 0.6) is 11.5 Å². The summed E-state index contributed by atoms with van der Waals surface area (Å²) >= 11 is 0. The first-order valence-corrected chi connectivity index (χ1v) is 36.2. The van der Waals surface area contributed by atoms with Gasteiger partial charge in [-0.05, 0) is 151 Å². The molecule has 0 saturated carbocycles. The predicted molar refractivity (Wildman–Crippen MR) is 421 cm³/mol. The van der Waals surface area contributed by atoms with Gasteiger partial charge in [-0.3, -0.25) is 14.4 Å². The van der Waals surface area contributed by atoms with E-state index in [-0.39, 0.29) is 46.3 Å². The lowest BCUT2D eigenvalue weighted by atomic mass is 10.0. The van der Waals surface area contributed by atoms with Crippen molar-refractivity contribution in [2.45, 2.75) is 38.9 Å². The third kappa shape index (κ3) is 15.9. The third-order valence-electron chi connectivity index (χ3n) is 20.9. The van der Waals surface area contributed by atoms with Crippen molar-refractivity contribution >= 4 is 78.5 Å². The molecule has 20 nitrogen and oxygen atoms in total. The molecule has 23 heteroatoms. The van der Waals surface area contributed by atoms with E-state index >= 15 is 13.2 Å². The molecular weight excluding hydrogens is 1390 g/mol. The summed E-state index contributed by atoms with van der Waals surface area (Å²) in [5, 5.41) is 37.5. The Hall–Kier alpha value is -12.1. The molecule has 7 N–H and O–H groups in total. The highest BCUT2D eigenvalue weighted by Gasteiger charge is 2.33. The zero-order valence-corrected chi connectivity index (χ0v) is 60.8. The molecule has 3 fully saturated rings. The topological polar surface area (TPSA) is 256 Å². The average molecular weight is 1480 g/mol. The number of hydrogen-bond acceptors (Lipinski definition) is 14. The van der Waals surface area contributed by atoms with Gasteiger partial charge in [0.15, 0.2) is 23.1 Å². The van der Waals surface area contributed by atoms with Crippen LogP contribution >= 0.6 is 0 Å². The number of aromatic carboxylic acids is 3. The van der Waals surface area contributed by atoms with Crippen LogP contribution in [-0.2, 0) is 19.6 Å². The van der Waals surface area contributed by atoms with Crippen molar-refractivity contribution in [1.29, 1.82) is 0 Å². The maximum atomic E-state index is 15.6. The number of pyridine rings is 3. The highest BCUT2D eigenvalue weighted by Crippen LogP contribution is 2.43. The number of hydrogen-bond donors (Lipinski definition) is 6. The van der Waals surface area contributed by atoms with Crippen LogP contribution < -0.4 is 56.8 Å². The van der Waals surface area contributed by atoms with E-state index in [9.17, 15) is 44.1 Å². The number of carboxylic acid groups (broad SMARTS) is 3. The largest absolute Gasteiger partial charge is 0.492 e. The number of methoxy groups -OCH3 is 2. The van der Waals surface area contributed by atoms with Gasteiger partial charge in [0.05, 0.1) is 47.2 Å². The maximum Gasteiger partial charge on any atom is 0.341 e. The fraction of sp³-hybridized carbons (Fsp3) is 0.256. The van der Waals surface area contributed by atoms with E-state index < -0.39 is 62.8 Å². The molecule has 3 aliphatic heterocycles. The zero-order chi connectivity index (χ0) is 76.7. The number of carboxylic acids is 3. The van der Waals surface area contributed by atoms with Crippen molar-refractivity contribution < 1.29 is 52.3 Å². The third-order valence-corrected chi connectivity index (χ3v) is 20.9. The van der Waals surface area contributed by atoms with Gasteiger partial charge in [-0.25, -0.2) is 27.6 Å². The number of fused-ring (bicyclic) bond motifs is 4. The van der Waals surface area contributed by atoms with E-state index in [0.29, 0.717) is 104 Å². The zero-order valence-electron chi connectivity index (χ0n) is 60.8. The van der Waals surface area contributed by atoms with Crippen molar-refractivity contribution in [3.8, 4) is 33.8 Å². The fourth-order valence-corrected chi connectivity index (χ4v) is 15.5. The van der Waals surface area contributed by atoms with Crippen molar-refractivity contribution in [3.05, 3.63) is 276 Å². The molecule has 9 aromatic carbocycles. The van der Waals surface area contributed by atoms with Gasteiger partial charge in [-0.15, -0.1) is 0 Å². The van der Waals surface area contributed by atoms with Crippen LogP contribution in [0.1, 0.15) is 67.0 Å². The highest BCUT2D eigenvalue weighted by atomic mass is 19.1. The quantitative estimate of drug-likeness (QED) is 0.0391. The predicted octanol–water partition coefficient (Wildman–Crippen LogP) is 13.0. The lowest BCUT2D eigenvalue weighted by Gasteiger charge is -2.25. The van der Waals surface area contributed by atoms with E-state index in [2.05, 4.69) is 10.6 Å². The van der Waals surface area contributed by atoms with Crippen molar-refractivity contribution in [2.75, 3.05) is 102 Å². The summed E-state index contributed by atoms with van der Waals surface area (Å²) in [4.78, 5) is 80.6. The van der Waals surface area contributed by atoms with Gasteiger partial charge in [0, 0.05) is 82.9 Å². The molecule has 0 radical (unpaired) electrons. The standard InChI is InChI=1S/C30H30FN3O4.C28H28FN3O4.C28H26FN3O3/c1-32-15-20-12-13-33(17-20)27-25(31)14-23-26(29(27)38-2)34(18-24(28(23)35)30(36)37)16-19-8-10-22(11-9-19)21-6-4-3-5-7-21;1-30-13-18-9-10-31(15-18)25-23(29)12-21-24(27(25)36-2)32(16-22(26(21)33)28(34)35)14-17-7-8-19-5-3-4-6-20(19)11-17;29-24-12-22-25(13-26(24)31-11-10-19(14-30)16-31)32(17-23(27(22)33)28(34)35)15-18-6-8-21(9-7-18)20-4-2-1-3-5-20/h3-11,14,18,20,32H,12-13,15-17H2,1-2H3,(H,36,37);3-8,11-12,16,18,30H,9-10,13-15H2,1-2H3,(H,34,35);1-9,12-13,17,19H,10-11,14-16,30H2,(H,34,35)/t20-;18-;19-/m000/s1. The minimum absolute atomic E-state index is 0.0141. The Labute approximate surface area is 626 Å². The normalized spacial score (nSPS) is 15.5. The van der Waals surface area contributed by atoms with Crippen LogP contribution in [0.15, 0.2) is 209 Å². The first kappa shape index (κ1) is 75.2. The molecule has 3 aromatic heterocycles. The van der Waals surface area contributed by atoms with Crippen LogP contribution in [0.25, 0.3) is 65.7 Å². The molecule has 0 amide bonds. The molecule has 3 atom stereocenters. The molecule has 109 heavy (non-hydrogen) atoms. The summed E-state index contributed by atoms with van der Waals surface area (Å²) in [6.07, 6.45) is 6.71. The van der Waals surface area contributed by atoms with Crippen molar-refractivity contribution in [2.24, 2.45) is 23.5 Å². The molecule has 6 heterocycles. The van der Waals surface area contributed by atoms with Gasteiger partial charge in [0.2, 0.25) is 16.3 Å². The van der Waals surface area contributed by atoms with Gasteiger partial charge < -0.3 is 69.6 Å². The minimum Gasteiger partial charge on any atom is -0.492 e. The van der Waals surface area contributed by atoms with Crippen LogP contribution in [0, 0.1) is 35.2 Å². The van der Waals surface area contributed by atoms with Crippen molar-refractivity contribution in [1.82, 2.24) is 24.3 Å². The number of rotatable bonds is 21. The number of nitrogens with two attached hydrogens (primary N) is 1. The number of ether oxygens (including phenoxy) is 2. The molecule has 0 spiro atoms. The van der Waals surface area contributed by atoms with E-state index in [0.717, 1.165) is 94.2 Å². The molecule has 3 aliphatic rings. The van der Waals surface area contributed by atoms with Gasteiger partial charge in [0.1, 0.15) is 33.9 Å². The summed E-state index contributed by atoms with van der Waals surface area (Å²) in [6, 6.07) is 55.0. The second-order valence-electron chi connectivity index (χ2n) is 28.0. The molecule has 0 aliphatic carbocycles. The Morgan fingerprint density at radius 1 is 0.450 bits per heavy atom. The molecule has 560 valence electrons. The molecule has 15 rings (SSSR count).